The Morgan fingerprint density at radius 1 is 1.08 bits per heavy atom. The van der Waals surface area contributed by atoms with E-state index in [4.69, 9.17) is 12.2 Å². The van der Waals surface area contributed by atoms with Gasteiger partial charge in [0.25, 0.3) is 5.69 Å². The van der Waals surface area contributed by atoms with Crippen molar-refractivity contribution in [3.8, 4) is 0 Å². The van der Waals surface area contributed by atoms with E-state index in [1.807, 2.05) is 32.9 Å². The van der Waals surface area contributed by atoms with Crippen molar-refractivity contribution in [1.82, 2.24) is 5.32 Å². The first-order chi connectivity index (χ1) is 12.3. The Morgan fingerprint density at radius 2 is 1.65 bits per heavy atom. The van der Waals surface area contributed by atoms with Crippen LogP contribution in [0.4, 0.5) is 17.1 Å². The number of hydrogen-bond acceptors (Lipinski definition) is 4. The minimum Gasteiger partial charge on any atom is -0.353 e. The number of benzene rings is 2. The molecule has 0 saturated carbocycles. The van der Waals surface area contributed by atoms with Crippen LogP contribution in [0.2, 0.25) is 0 Å². The third kappa shape index (κ3) is 5.25. The van der Waals surface area contributed by atoms with E-state index in [1.54, 1.807) is 12.1 Å². The van der Waals surface area contributed by atoms with Crippen LogP contribution >= 0.6 is 12.2 Å². The fraction of sp³-hybridized carbons (Fsp3) is 0.222. The molecule has 0 spiro atoms. The maximum Gasteiger partial charge on any atom is 0.269 e. The lowest BCUT2D eigenvalue weighted by molar-refractivity contribution is -0.384. The van der Waals surface area contributed by atoms with E-state index in [1.165, 1.54) is 12.1 Å². The molecule has 0 fully saturated rings. The van der Waals surface area contributed by atoms with Gasteiger partial charge in [0, 0.05) is 23.5 Å². The lowest BCUT2D eigenvalue weighted by atomic mass is 10.1. The molecule has 1 amide bonds. The average molecular weight is 372 g/mol. The summed E-state index contributed by atoms with van der Waals surface area (Å²) in [4.78, 5) is 22.3. The molecule has 3 N–H and O–H groups in total. The standard InChI is InChI=1S/C18H20N4O3S/c1-11-8-12(2)17(13(3)9-11)21-16(23)10-19-18(26)20-14-4-6-15(7-5-14)22(24)25/h4-9H,10H2,1-3H3,(H,21,23)(H2,19,20,26). The molecule has 0 atom stereocenters. The van der Waals surface area contributed by atoms with Gasteiger partial charge in [0.15, 0.2) is 5.11 Å². The number of anilines is 2. The number of aryl methyl sites for hydroxylation is 3. The minimum absolute atomic E-state index is 0.00218. The maximum atomic E-state index is 12.1. The first-order valence-corrected chi connectivity index (χ1v) is 8.34. The van der Waals surface area contributed by atoms with Crippen LogP contribution in [0.1, 0.15) is 16.7 Å². The summed E-state index contributed by atoms with van der Waals surface area (Å²) in [5, 5.41) is 19.5. The molecule has 0 radical (unpaired) electrons. The molecule has 0 aliphatic rings. The van der Waals surface area contributed by atoms with Gasteiger partial charge in [-0.15, -0.1) is 0 Å². The number of rotatable bonds is 5. The molecular weight excluding hydrogens is 352 g/mol. The van der Waals surface area contributed by atoms with Crippen LogP contribution in [-0.2, 0) is 4.79 Å². The van der Waals surface area contributed by atoms with Crippen molar-refractivity contribution >= 4 is 40.3 Å². The largest absolute Gasteiger partial charge is 0.353 e. The first-order valence-electron chi connectivity index (χ1n) is 7.93. The molecule has 8 heteroatoms. The molecule has 7 nitrogen and oxygen atoms in total. The van der Waals surface area contributed by atoms with Crippen LogP contribution in [0.5, 0.6) is 0 Å². The van der Waals surface area contributed by atoms with Crippen LogP contribution in [-0.4, -0.2) is 22.5 Å². The average Bonchev–Trinajstić information content (AvgIpc) is 2.56. The molecule has 0 aliphatic heterocycles. The van der Waals surface area contributed by atoms with Crippen molar-refractivity contribution in [2.45, 2.75) is 20.8 Å². The zero-order valence-corrected chi connectivity index (χ0v) is 15.6. The second-order valence-electron chi connectivity index (χ2n) is 5.93. The number of amides is 1. The number of nitro groups is 1. The monoisotopic (exact) mass is 372 g/mol. The van der Waals surface area contributed by atoms with E-state index < -0.39 is 4.92 Å². The molecular formula is C18H20N4O3S. The number of carbonyl (C=O) groups is 1. The molecule has 0 saturated heterocycles. The Balaban J connectivity index is 1.87. The molecule has 26 heavy (non-hydrogen) atoms. The first kappa shape index (κ1) is 19.3. The van der Waals surface area contributed by atoms with Crippen molar-refractivity contribution in [2.75, 3.05) is 17.2 Å². The van der Waals surface area contributed by atoms with Crippen LogP contribution in [0.15, 0.2) is 36.4 Å². The fourth-order valence-corrected chi connectivity index (χ4v) is 2.75. The quantitative estimate of drug-likeness (QED) is 0.423. The summed E-state index contributed by atoms with van der Waals surface area (Å²) >= 11 is 5.14. The highest BCUT2D eigenvalue weighted by molar-refractivity contribution is 7.80. The molecule has 0 heterocycles. The Labute approximate surface area is 157 Å². The second kappa shape index (κ2) is 8.39. The van der Waals surface area contributed by atoms with Crippen molar-refractivity contribution in [3.63, 3.8) is 0 Å². The third-order valence-electron chi connectivity index (χ3n) is 3.69. The van der Waals surface area contributed by atoms with Crippen molar-refractivity contribution < 1.29 is 9.72 Å². The molecule has 2 aromatic carbocycles. The summed E-state index contributed by atoms with van der Waals surface area (Å²) in [6.45, 7) is 5.91. The second-order valence-corrected chi connectivity index (χ2v) is 6.34. The Morgan fingerprint density at radius 3 is 2.19 bits per heavy atom. The number of nitrogens with zero attached hydrogens (tertiary/aromatic N) is 1. The van der Waals surface area contributed by atoms with Gasteiger partial charge in [-0.1, -0.05) is 17.7 Å². The van der Waals surface area contributed by atoms with Crippen LogP contribution < -0.4 is 16.0 Å². The number of nitro benzene ring substituents is 1. The van der Waals surface area contributed by atoms with E-state index in [2.05, 4.69) is 16.0 Å². The lowest BCUT2D eigenvalue weighted by Gasteiger charge is -2.14. The van der Waals surface area contributed by atoms with Crippen LogP contribution in [0.3, 0.4) is 0 Å². The maximum absolute atomic E-state index is 12.1. The summed E-state index contributed by atoms with van der Waals surface area (Å²) in [6, 6.07) is 9.87. The van der Waals surface area contributed by atoms with Gasteiger partial charge in [-0.05, 0) is 56.2 Å². The molecule has 0 aliphatic carbocycles. The Bertz CT molecular complexity index is 827. The zero-order chi connectivity index (χ0) is 19.3. The van der Waals surface area contributed by atoms with Gasteiger partial charge in [-0.2, -0.15) is 0 Å². The predicted molar refractivity (Wildman–Crippen MR) is 107 cm³/mol. The number of hydrogen-bond donors (Lipinski definition) is 3. The summed E-state index contributed by atoms with van der Waals surface area (Å²) in [5.41, 5.74) is 4.54. The Hall–Kier alpha value is -3.00. The van der Waals surface area contributed by atoms with Crippen molar-refractivity contribution in [1.29, 1.82) is 0 Å². The van der Waals surface area contributed by atoms with Crippen molar-refractivity contribution in [2.24, 2.45) is 0 Å². The van der Waals surface area contributed by atoms with E-state index in [-0.39, 0.29) is 23.3 Å². The van der Waals surface area contributed by atoms with Gasteiger partial charge in [-0.25, -0.2) is 0 Å². The molecule has 2 aromatic rings. The van der Waals surface area contributed by atoms with Gasteiger partial charge in [-0.3, -0.25) is 14.9 Å². The molecule has 2 rings (SSSR count). The van der Waals surface area contributed by atoms with Gasteiger partial charge in [0.1, 0.15) is 0 Å². The van der Waals surface area contributed by atoms with Crippen molar-refractivity contribution in [3.05, 3.63) is 63.2 Å². The van der Waals surface area contributed by atoms with E-state index in [9.17, 15) is 14.9 Å². The third-order valence-corrected chi connectivity index (χ3v) is 3.93. The minimum atomic E-state index is -0.472. The highest BCUT2D eigenvalue weighted by Gasteiger charge is 2.09. The van der Waals surface area contributed by atoms with Gasteiger partial charge >= 0.3 is 0 Å². The van der Waals surface area contributed by atoms with Crippen LogP contribution in [0.25, 0.3) is 0 Å². The molecule has 0 bridgehead atoms. The number of non-ortho nitro benzene ring substituents is 1. The van der Waals surface area contributed by atoms with E-state index in [0.29, 0.717) is 5.69 Å². The Kier molecular flexibility index (Phi) is 6.24. The summed E-state index contributed by atoms with van der Waals surface area (Å²) < 4.78 is 0. The molecule has 136 valence electrons. The number of nitrogens with one attached hydrogen (secondary N) is 3. The zero-order valence-electron chi connectivity index (χ0n) is 14.8. The highest BCUT2D eigenvalue weighted by atomic mass is 32.1. The fourth-order valence-electron chi connectivity index (χ4n) is 2.56. The summed E-state index contributed by atoms with van der Waals surface area (Å²) in [6.07, 6.45) is 0. The summed E-state index contributed by atoms with van der Waals surface area (Å²) in [5.74, 6) is -0.215. The summed E-state index contributed by atoms with van der Waals surface area (Å²) in [7, 11) is 0. The van der Waals surface area contributed by atoms with Gasteiger partial charge < -0.3 is 16.0 Å². The van der Waals surface area contributed by atoms with E-state index in [0.717, 1.165) is 22.4 Å². The SMILES string of the molecule is Cc1cc(C)c(NC(=O)CNC(=S)Nc2ccc([N+](=O)[O-])cc2)c(C)c1. The van der Waals surface area contributed by atoms with Crippen LogP contribution in [0, 0.1) is 30.9 Å². The molecule has 0 unspecified atom stereocenters. The topological polar surface area (TPSA) is 96.3 Å². The highest BCUT2D eigenvalue weighted by Crippen LogP contribution is 2.21. The normalized spacial score (nSPS) is 10.1. The van der Waals surface area contributed by atoms with Gasteiger partial charge in [0.2, 0.25) is 5.91 Å². The number of carbonyl (C=O) groups excluding carboxylic acids is 1. The molecule has 0 aromatic heterocycles. The lowest BCUT2D eigenvalue weighted by Crippen LogP contribution is -2.35. The smallest absolute Gasteiger partial charge is 0.269 e. The van der Waals surface area contributed by atoms with Gasteiger partial charge in [0.05, 0.1) is 11.5 Å². The van der Waals surface area contributed by atoms with E-state index >= 15 is 0 Å². The number of thiocarbonyl (C=S) groups is 1. The predicted octanol–water partition coefficient (Wildman–Crippen LogP) is 3.45.